The fourth-order valence-electron chi connectivity index (χ4n) is 2.42. The van der Waals surface area contributed by atoms with E-state index in [1.165, 1.54) is 12.1 Å². The average molecular weight is 302 g/mol. The highest BCUT2D eigenvalue weighted by Gasteiger charge is 2.06. The summed E-state index contributed by atoms with van der Waals surface area (Å²) in [6, 6.07) is 12.6. The molecule has 1 heterocycles. The van der Waals surface area contributed by atoms with Crippen LogP contribution in [0.4, 0.5) is 4.39 Å². The molecule has 0 radical (unpaired) electrons. The molecular weight excluding hydrogens is 287 g/mol. The number of aromatic amines is 1. The quantitative estimate of drug-likeness (QED) is 0.736. The van der Waals surface area contributed by atoms with Crippen LogP contribution in [0.2, 0.25) is 0 Å². The van der Waals surface area contributed by atoms with Crippen molar-refractivity contribution in [1.82, 2.24) is 9.55 Å². The Labute approximate surface area is 127 Å². The maximum atomic E-state index is 13.4. The van der Waals surface area contributed by atoms with E-state index in [1.807, 2.05) is 28.8 Å². The van der Waals surface area contributed by atoms with Crippen molar-refractivity contribution in [2.45, 2.75) is 13.0 Å². The Morgan fingerprint density at radius 3 is 2.90 bits per heavy atom. The average Bonchev–Trinajstić information content (AvgIpc) is 2.80. The molecular formula is C16H15FN2OS. The highest BCUT2D eigenvalue weighted by molar-refractivity contribution is 7.71. The largest absolute Gasteiger partial charge is 0.497 e. The van der Waals surface area contributed by atoms with Gasteiger partial charge in [0.05, 0.1) is 18.1 Å². The highest BCUT2D eigenvalue weighted by Crippen LogP contribution is 2.18. The fraction of sp³-hybridized carbons (Fsp3) is 0.188. The second-order valence-corrected chi connectivity index (χ2v) is 5.23. The van der Waals surface area contributed by atoms with Crippen LogP contribution in [0.1, 0.15) is 5.56 Å². The molecule has 0 aliphatic carbocycles. The maximum Gasteiger partial charge on any atom is 0.178 e. The third-order valence-electron chi connectivity index (χ3n) is 3.50. The third-order valence-corrected chi connectivity index (χ3v) is 3.82. The number of rotatable bonds is 4. The van der Waals surface area contributed by atoms with Crippen LogP contribution in [0.15, 0.2) is 42.5 Å². The molecule has 3 rings (SSSR count). The number of aryl methyl sites for hydroxylation is 2. The first kappa shape index (κ1) is 13.8. The summed E-state index contributed by atoms with van der Waals surface area (Å²) in [4.78, 5) is 3.10. The number of benzene rings is 2. The minimum absolute atomic E-state index is 0.258. The lowest BCUT2D eigenvalue weighted by Crippen LogP contribution is -2.01. The van der Waals surface area contributed by atoms with Crippen LogP contribution in [0.25, 0.3) is 11.0 Å². The van der Waals surface area contributed by atoms with Gasteiger partial charge in [0.2, 0.25) is 0 Å². The van der Waals surface area contributed by atoms with Gasteiger partial charge >= 0.3 is 0 Å². The smallest absolute Gasteiger partial charge is 0.178 e. The van der Waals surface area contributed by atoms with E-state index >= 15 is 0 Å². The van der Waals surface area contributed by atoms with Gasteiger partial charge < -0.3 is 14.3 Å². The molecule has 3 aromatic rings. The van der Waals surface area contributed by atoms with E-state index in [1.54, 1.807) is 13.2 Å². The third kappa shape index (κ3) is 2.83. The lowest BCUT2D eigenvalue weighted by Gasteiger charge is -2.06. The molecule has 0 aliphatic heterocycles. The van der Waals surface area contributed by atoms with E-state index in [0.717, 1.165) is 28.8 Å². The number of imidazole rings is 1. The van der Waals surface area contributed by atoms with Crippen LogP contribution in [-0.4, -0.2) is 16.7 Å². The van der Waals surface area contributed by atoms with Crippen molar-refractivity contribution in [3.8, 4) is 5.75 Å². The van der Waals surface area contributed by atoms with Crippen molar-refractivity contribution < 1.29 is 9.13 Å². The second kappa shape index (κ2) is 5.69. The topological polar surface area (TPSA) is 29.9 Å². The summed E-state index contributed by atoms with van der Waals surface area (Å²) < 4.78 is 21.2. The summed E-state index contributed by atoms with van der Waals surface area (Å²) in [5.74, 6) is 0.577. The zero-order chi connectivity index (χ0) is 14.8. The molecule has 0 unspecified atom stereocenters. The van der Waals surface area contributed by atoms with Crippen molar-refractivity contribution in [2.75, 3.05) is 7.11 Å². The number of halogens is 1. The van der Waals surface area contributed by atoms with Gasteiger partial charge in [0.15, 0.2) is 4.77 Å². The number of methoxy groups -OCH3 is 1. The minimum atomic E-state index is -0.258. The first-order chi connectivity index (χ1) is 10.2. The van der Waals surface area contributed by atoms with E-state index in [0.29, 0.717) is 11.3 Å². The minimum Gasteiger partial charge on any atom is -0.497 e. The second-order valence-electron chi connectivity index (χ2n) is 4.84. The molecule has 1 aromatic heterocycles. The Kier molecular flexibility index (Phi) is 3.75. The van der Waals surface area contributed by atoms with Gasteiger partial charge in [-0.15, -0.1) is 0 Å². The molecule has 0 spiro atoms. The number of hydrogen-bond donors (Lipinski definition) is 1. The molecule has 0 saturated carbocycles. The first-order valence-corrected chi connectivity index (χ1v) is 7.09. The van der Waals surface area contributed by atoms with E-state index in [-0.39, 0.29) is 5.82 Å². The van der Waals surface area contributed by atoms with Gasteiger partial charge in [0.1, 0.15) is 11.6 Å². The number of aromatic nitrogens is 2. The number of H-pyrrole nitrogens is 1. The SMILES string of the molecule is COc1cccc(CCn2c(=S)[nH]c3ccc(F)cc32)c1. The molecule has 2 aromatic carbocycles. The predicted molar refractivity (Wildman–Crippen MR) is 83.8 cm³/mol. The Morgan fingerprint density at radius 1 is 1.24 bits per heavy atom. The normalized spacial score (nSPS) is 11.0. The lowest BCUT2D eigenvalue weighted by atomic mass is 10.1. The van der Waals surface area contributed by atoms with Gasteiger partial charge in [0.25, 0.3) is 0 Å². The van der Waals surface area contributed by atoms with Crippen LogP contribution in [0.3, 0.4) is 0 Å². The van der Waals surface area contributed by atoms with Crippen LogP contribution in [-0.2, 0) is 13.0 Å². The van der Waals surface area contributed by atoms with Crippen LogP contribution < -0.4 is 4.74 Å². The van der Waals surface area contributed by atoms with Crippen molar-refractivity contribution in [2.24, 2.45) is 0 Å². The molecule has 0 bridgehead atoms. The molecule has 108 valence electrons. The van der Waals surface area contributed by atoms with Gasteiger partial charge in [-0.2, -0.15) is 0 Å². The van der Waals surface area contributed by atoms with Gasteiger partial charge in [-0.05, 0) is 54.5 Å². The van der Waals surface area contributed by atoms with E-state index in [4.69, 9.17) is 17.0 Å². The first-order valence-electron chi connectivity index (χ1n) is 6.68. The summed E-state index contributed by atoms with van der Waals surface area (Å²) in [6.45, 7) is 0.690. The van der Waals surface area contributed by atoms with Crippen molar-refractivity contribution >= 4 is 23.3 Å². The van der Waals surface area contributed by atoms with Gasteiger partial charge in [0, 0.05) is 6.54 Å². The van der Waals surface area contributed by atoms with Gasteiger partial charge in [-0.1, -0.05) is 12.1 Å². The van der Waals surface area contributed by atoms with Crippen molar-refractivity contribution in [3.63, 3.8) is 0 Å². The van der Waals surface area contributed by atoms with E-state index in [2.05, 4.69) is 4.98 Å². The monoisotopic (exact) mass is 302 g/mol. The van der Waals surface area contributed by atoms with Crippen LogP contribution in [0.5, 0.6) is 5.75 Å². The number of hydrogen-bond acceptors (Lipinski definition) is 2. The summed E-state index contributed by atoms with van der Waals surface area (Å²) in [6.07, 6.45) is 0.801. The van der Waals surface area contributed by atoms with Crippen molar-refractivity contribution in [1.29, 1.82) is 0 Å². The van der Waals surface area contributed by atoms with E-state index in [9.17, 15) is 4.39 Å². The highest BCUT2D eigenvalue weighted by atomic mass is 32.1. The maximum absolute atomic E-state index is 13.4. The molecule has 1 N–H and O–H groups in total. The predicted octanol–water partition coefficient (Wildman–Crippen LogP) is 4.09. The Balaban J connectivity index is 1.89. The molecule has 0 amide bonds. The summed E-state index contributed by atoms with van der Waals surface area (Å²) in [7, 11) is 1.65. The van der Waals surface area contributed by atoms with Gasteiger partial charge in [-0.25, -0.2) is 4.39 Å². The molecule has 0 aliphatic rings. The van der Waals surface area contributed by atoms with Crippen LogP contribution in [0, 0.1) is 10.6 Å². The summed E-state index contributed by atoms with van der Waals surface area (Å²) in [5.41, 5.74) is 2.80. The zero-order valence-electron chi connectivity index (χ0n) is 11.6. The Morgan fingerprint density at radius 2 is 2.10 bits per heavy atom. The number of nitrogens with zero attached hydrogens (tertiary/aromatic N) is 1. The molecule has 0 fully saturated rings. The van der Waals surface area contributed by atoms with E-state index < -0.39 is 0 Å². The molecule has 21 heavy (non-hydrogen) atoms. The number of nitrogens with one attached hydrogen (secondary N) is 1. The Bertz CT molecular complexity index is 838. The van der Waals surface area contributed by atoms with Crippen molar-refractivity contribution in [3.05, 3.63) is 58.6 Å². The van der Waals surface area contributed by atoms with Crippen LogP contribution >= 0.6 is 12.2 Å². The fourth-order valence-corrected chi connectivity index (χ4v) is 2.72. The summed E-state index contributed by atoms with van der Waals surface area (Å²) in [5, 5.41) is 0. The lowest BCUT2D eigenvalue weighted by molar-refractivity contribution is 0.414. The summed E-state index contributed by atoms with van der Waals surface area (Å²) >= 11 is 5.32. The zero-order valence-corrected chi connectivity index (χ0v) is 12.4. The van der Waals surface area contributed by atoms with Gasteiger partial charge in [-0.3, -0.25) is 0 Å². The molecule has 0 atom stereocenters. The number of fused-ring (bicyclic) bond motifs is 1. The Hall–Kier alpha value is -2.14. The molecule has 0 saturated heterocycles. The molecule has 5 heteroatoms. The molecule has 3 nitrogen and oxygen atoms in total. The standard InChI is InChI=1S/C16H15FN2OS/c1-20-13-4-2-3-11(9-13)7-8-19-15-10-12(17)5-6-14(15)18-16(19)21/h2-6,9-10H,7-8H2,1H3,(H,18,21). The number of ether oxygens (including phenoxy) is 1.